The number of fused-ring (bicyclic) bond motifs is 4. The van der Waals surface area contributed by atoms with E-state index >= 15 is 0 Å². The molecule has 0 aromatic heterocycles. The minimum absolute atomic E-state index is 0.0429. The van der Waals surface area contributed by atoms with E-state index in [1.165, 1.54) is 25.1 Å². The summed E-state index contributed by atoms with van der Waals surface area (Å²) in [6.07, 6.45) is 0. The molecule has 1 aromatic carbocycles. The predicted molar refractivity (Wildman–Crippen MR) is 89.7 cm³/mol. The fraction of sp³-hybridized carbons (Fsp3) is 0.471. The fourth-order valence-corrected chi connectivity index (χ4v) is 3.75. The average Bonchev–Trinajstić information content (AvgIpc) is 2.76. The number of carbonyl (C=O) groups is 3. The second kappa shape index (κ2) is 6.22. The highest BCUT2D eigenvalue weighted by molar-refractivity contribution is 6.11. The summed E-state index contributed by atoms with van der Waals surface area (Å²) in [4.78, 5) is 49.0. The van der Waals surface area contributed by atoms with Gasteiger partial charge in [0.15, 0.2) is 11.6 Å². The van der Waals surface area contributed by atoms with Crippen molar-refractivity contribution in [1.82, 2.24) is 0 Å². The molecule has 2 bridgehead atoms. The maximum Gasteiger partial charge on any atom is 0.331 e. The third-order valence-electron chi connectivity index (χ3n) is 4.95. The van der Waals surface area contributed by atoms with E-state index in [1.807, 2.05) is 0 Å². The summed E-state index contributed by atoms with van der Waals surface area (Å²) >= 11 is 0. The van der Waals surface area contributed by atoms with Gasteiger partial charge in [0.25, 0.3) is 5.69 Å². The van der Waals surface area contributed by atoms with Gasteiger partial charge in [-0.2, -0.15) is 0 Å². The number of carbonyl (C=O) groups excluding carboxylic acids is 3. The maximum atomic E-state index is 12.9. The number of anilines is 1. The van der Waals surface area contributed by atoms with Crippen LogP contribution in [0.5, 0.6) is 0 Å². The van der Waals surface area contributed by atoms with Crippen LogP contribution in [0.1, 0.15) is 26.3 Å². The molecule has 10 heteroatoms. The van der Waals surface area contributed by atoms with E-state index in [0.717, 1.165) is 0 Å². The zero-order valence-corrected chi connectivity index (χ0v) is 14.9. The fourth-order valence-electron chi connectivity index (χ4n) is 3.75. The van der Waals surface area contributed by atoms with E-state index in [2.05, 4.69) is 5.32 Å². The van der Waals surface area contributed by atoms with Crippen LogP contribution in [0, 0.1) is 15.5 Å². The Labute approximate surface area is 153 Å². The Morgan fingerprint density at radius 3 is 2.37 bits per heavy atom. The smallest absolute Gasteiger partial charge is 0.331 e. The molecule has 1 fully saturated rings. The lowest BCUT2D eigenvalue weighted by molar-refractivity contribution is -0.385. The Balaban J connectivity index is 2.30. The molecule has 0 amide bonds. The number of rotatable bonds is 5. The van der Waals surface area contributed by atoms with Crippen molar-refractivity contribution < 1.29 is 33.5 Å². The molecule has 2 heterocycles. The van der Waals surface area contributed by atoms with Gasteiger partial charge in [0.05, 0.1) is 18.1 Å². The molecule has 144 valence electrons. The van der Waals surface area contributed by atoms with Crippen LogP contribution in [0.3, 0.4) is 0 Å². The van der Waals surface area contributed by atoms with E-state index in [4.69, 9.17) is 14.2 Å². The highest BCUT2D eigenvalue weighted by atomic mass is 16.6. The number of benzene rings is 1. The van der Waals surface area contributed by atoms with Crippen molar-refractivity contribution in [2.75, 3.05) is 18.5 Å². The SMILES string of the molecule is CCOC(=O)C1(C(=O)OCC)[C@@H]2Nc3ccc([N+](=O)[O-])cc3[C@@]1(C)OC2=O. The highest BCUT2D eigenvalue weighted by Crippen LogP contribution is 2.58. The predicted octanol–water partition coefficient (Wildman–Crippen LogP) is 1.27. The topological polar surface area (TPSA) is 134 Å². The molecule has 2 aliphatic rings. The Kier molecular flexibility index (Phi) is 4.29. The third kappa shape index (κ3) is 2.29. The zero-order chi connectivity index (χ0) is 20.0. The maximum absolute atomic E-state index is 12.9. The van der Waals surface area contributed by atoms with Crippen molar-refractivity contribution in [1.29, 1.82) is 0 Å². The zero-order valence-electron chi connectivity index (χ0n) is 14.9. The Morgan fingerprint density at radius 1 is 1.26 bits per heavy atom. The van der Waals surface area contributed by atoms with E-state index in [1.54, 1.807) is 13.8 Å². The van der Waals surface area contributed by atoms with Gasteiger partial charge in [-0.05, 0) is 26.8 Å². The highest BCUT2D eigenvalue weighted by Gasteiger charge is 2.78. The lowest BCUT2D eigenvalue weighted by Crippen LogP contribution is -2.63. The van der Waals surface area contributed by atoms with Crippen LogP contribution >= 0.6 is 0 Å². The molecule has 10 nitrogen and oxygen atoms in total. The van der Waals surface area contributed by atoms with Crippen LogP contribution in [0.15, 0.2) is 18.2 Å². The molecular formula is C17H18N2O8. The molecule has 0 unspecified atom stereocenters. The van der Waals surface area contributed by atoms with Crippen LogP contribution in [-0.4, -0.2) is 42.1 Å². The van der Waals surface area contributed by atoms with Crippen molar-refractivity contribution in [3.63, 3.8) is 0 Å². The first-order valence-electron chi connectivity index (χ1n) is 8.36. The van der Waals surface area contributed by atoms with Gasteiger partial charge < -0.3 is 19.5 Å². The van der Waals surface area contributed by atoms with Gasteiger partial charge in [-0.1, -0.05) is 0 Å². The molecule has 0 spiro atoms. The summed E-state index contributed by atoms with van der Waals surface area (Å²) in [6, 6.07) is 2.45. The van der Waals surface area contributed by atoms with E-state index < -0.39 is 39.9 Å². The molecule has 27 heavy (non-hydrogen) atoms. The molecule has 1 saturated heterocycles. The molecule has 0 aliphatic carbocycles. The summed E-state index contributed by atoms with van der Waals surface area (Å²) in [6.45, 7) is 4.39. The van der Waals surface area contributed by atoms with Gasteiger partial charge in [-0.15, -0.1) is 0 Å². The number of nitrogens with one attached hydrogen (secondary N) is 1. The minimum atomic E-state index is -2.17. The molecule has 0 saturated carbocycles. The standard InChI is InChI=1S/C17H18N2O8/c1-4-25-14(21)17(15(22)26-5-2)12-13(20)27-16(17,3)10-8-9(19(23)24)6-7-11(10)18-12/h6-8,12,18H,4-5H2,1-3H3/t12-,16-/m1/s1. The van der Waals surface area contributed by atoms with Crippen molar-refractivity contribution in [2.24, 2.45) is 5.41 Å². The quantitative estimate of drug-likeness (QED) is 0.264. The van der Waals surface area contributed by atoms with Gasteiger partial charge >= 0.3 is 17.9 Å². The van der Waals surface area contributed by atoms with Crippen molar-refractivity contribution in [3.8, 4) is 0 Å². The minimum Gasteiger partial charge on any atom is -0.465 e. The second-order valence-corrected chi connectivity index (χ2v) is 6.27. The summed E-state index contributed by atoms with van der Waals surface area (Å²) in [5, 5.41) is 14.0. The lowest BCUT2D eigenvalue weighted by atomic mass is 9.63. The van der Waals surface area contributed by atoms with Gasteiger partial charge in [0.2, 0.25) is 5.41 Å². The van der Waals surface area contributed by atoms with Crippen LogP contribution in [-0.2, 0) is 34.2 Å². The van der Waals surface area contributed by atoms with Crippen molar-refractivity contribution in [3.05, 3.63) is 33.9 Å². The Hall–Kier alpha value is -3.17. The van der Waals surface area contributed by atoms with Gasteiger partial charge in [0, 0.05) is 23.4 Å². The number of nitro benzene ring substituents is 1. The summed E-state index contributed by atoms with van der Waals surface area (Å²) < 4.78 is 15.6. The van der Waals surface area contributed by atoms with E-state index in [-0.39, 0.29) is 24.5 Å². The Morgan fingerprint density at radius 2 is 1.85 bits per heavy atom. The molecule has 1 N–H and O–H groups in total. The van der Waals surface area contributed by atoms with Gasteiger partial charge in [-0.25, -0.2) is 4.79 Å². The molecule has 2 atom stereocenters. The van der Waals surface area contributed by atoms with Gasteiger partial charge in [-0.3, -0.25) is 19.7 Å². The monoisotopic (exact) mass is 378 g/mol. The average molecular weight is 378 g/mol. The first-order chi connectivity index (χ1) is 12.7. The van der Waals surface area contributed by atoms with E-state index in [9.17, 15) is 24.5 Å². The molecule has 3 rings (SSSR count). The first kappa shape index (κ1) is 18.6. The number of nitro groups is 1. The summed E-state index contributed by atoms with van der Waals surface area (Å²) in [7, 11) is 0. The second-order valence-electron chi connectivity index (χ2n) is 6.27. The largest absolute Gasteiger partial charge is 0.465 e. The van der Waals surface area contributed by atoms with E-state index in [0.29, 0.717) is 5.69 Å². The molecule has 0 radical (unpaired) electrons. The van der Waals surface area contributed by atoms with Crippen molar-refractivity contribution in [2.45, 2.75) is 32.4 Å². The molecule has 2 aliphatic heterocycles. The number of ether oxygens (including phenoxy) is 3. The Bertz CT molecular complexity index is 833. The van der Waals surface area contributed by atoms with Crippen LogP contribution in [0.4, 0.5) is 11.4 Å². The lowest BCUT2D eigenvalue weighted by Gasteiger charge is -2.43. The summed E-state index contributed by atoms with van der Waals surface area (Å²) in [5.41, 5.74) is -3.80. The van der Waals surface area contributed by atoms with Crippen LogP contribution in [0.25, 0.3) is 0 Å². The van der Waals surface area contributed by atoms with Gasteiger partial charge in [0.1, 0.15) is 0 Å². The number of non-ortho nitro benzene ring substituents is 1. The first-order valence-corrected chi connectivity index (χ1v) is 8.36. The number of hydrogen-bond donors (Lipinski definition) is 1. The normalized spacial score (nSPS) is 24.3. The molecular weight excluding hydrogens is 360 g/mol. The van der Waals surface area contributed by atoms with Crippen molar-refractivity contribution >= 4 is 29.3 Å². The van der Waals surface area contributed by atoms with Crippen LogP contribution in [0.2, 0.25) is 0 Å². The number of nitrogens with zero attached hydrogens (tertiary/aromatic N) is 1. The summed E-state index contributed by atoms with van der Waals surface area (Å²) in [5.74, 6) is -2.84. The van der Waals surface area contributed by atoms with Crippen LogP contribution < -0.4 is 5.32 Å². The number of hydrogen-bond acceptors (Lipinski definition) is 9. The number of esters is 3. The molecule has 1 aromatic rings. The third-order valence-corrected chi connectivity index (χ3v) is 4.95.